The minimum Gasteiger partial charge on any atom is -0.496 e. The van der Waals surface area contributed by atoms with Crippen molar-refractivity contribution in [2.75, 3.05) is 25.5 Å². The van der Waals surface area contributed by atoms with Crippen molar-refractivity contribution in [1.82, 2.24) is 4.31 Å². The van der Waals surface area contributed by atoms with Crippen molar-refractivity contribution >= 4 is 21.6 Å². The number of aryl methyl sites for hydroxylation is 3. The summed E-state index contributed by atoms with van der Waals surface area (Å²) in [5.74, 6) is 0.220. The number of hydrogen-bond acceptors (Lipinski definition) is 4. The van der Waals surface area contributed by atoms with Crippen LogP contribution in [0, 0.1) is 20.8 Å². The molecular weight excluding hydrogens is 436 g/mol. The molecule has 0 radical (unpaired) electrons. The van der Waals surface area contributed by atoms with Crippen molar-refractivity contribution in [2.45, 2.75) is 32.1 Å². The summed E-state index contributed by atoms with van der Waals surface area (Å²) in [6, 6.07) is 20.0. The van der Waals surface area contributed by atoms with Gasteiger partial charge in [-0.3, -0.25) is 4.79 Å². The van der Waals surface area contributed by atoms with Crippen molar-refractivity contribution < 1.29 is 17.9 Å². The van der Waals surface area contributed by atoms with Crippen LogP contribution in [0.15, 0.2) is 71.6 Å². The van der Waals surface area contributed by atoms with Gasteiger partial charge in [-0.1, -0.05) is 36.4 Å². The Morgan fingerprint density at radius 2 is 1.64 bits per heavy atom. The molecule has 6 nitrogen and oxygen atoms in total. The van der Waals surface area contributed by atoms with E-state index in [2.05, 4.69) is 5.32 Å². The summed E-state index contributed by atoms with van der Waals surface area (Å²) in [5.41, 5.74) is 4.52. The van der Waals surface area contributed by atoms with Crippen molar-refractivity contribution in [1.29, 1.82) is 0 Å². The average molecular weight is 467 g/mol. The second-order valence-corrected chi connectivity index (χ2v) is 9.99. The maximum absolute atomic E-state index is 13.5. The Hall–Kier alpha value is -3.16. The number of carbonyl (C=O) groups excluding carboxylic acids is 1. The smallest absolute Gasteiger partial charge is 0.243 e. The standard InChI is InChI=1S/C26H30N2O4S/c1-19-10-11-23(16-20(19)2)27-26(29)18-28(15-14-22-8-6-5-7-9-22)33(30,31)24-12-13-25(32-4)21(3)17-24/h5-13,16-17H,14-15,18H2,1-4H3,(H,27,29). The molecule has 0 atom stereocenters. The molecule has 0 saturated carbocycles. The summed E-state index contributed by atoms with van der Waals surface area (Å²) >= 11 is 0. The quantitative estimate of drug-likeness (QED) is 0.504. The maximum atomic E-state index is 13.5. The predicted octanol–water partition coefficient (Wildman–Crippen LogP) is 4.49. The van der Waals surface area contributed by atoms with E-state index in [1.807, 2.05) is 62.4 Å². The van der Waals surface area contributed by atoms with E-state index in [4.69, 9.17) is 4.74 Å². The molecule has 7 heteroatoms. The van der Waals surface area contributed by atoms with E-state index in [0.717, 1.165) is 16.7 Å². The highest BCUT2D eigenvalue weighted by atomic mass is 32.2. The highest BCUT2D eigenvalue weighted by Crippen LogP contribution is 2.24. The van der Waals surface area contributed by atoms with Crippen molar-refractivity contribution in [3.63, 3.8) is 0 Å². The lowest BCUT2D eigenvalue weighted by Crippen LogP contribution is -2.39. The summed E-state index contributed by atoms with van der Waals surface area (Å²) in [4.78, 5) is 13.0. The van der Waals surface area contributed by atoms with E-state index in [-0.39, 0.29) is 23.9 Å². The first-order chi connectivity index (χ1) is 15.7. The fraction of sp³-hybridized carbons (Fsp3) is 0.269. The van der Waals surface area contributed by atoms with Gasteiger partial charge < -0.3 is 10.1 Å². The zero-order valence-electron chi connectivity index (χ0n) is 19.5. The molecule has 0 aliphatic heterocycles. The highest BCUT2D eigenvalue weighted by Gasteiger charge is 2.27. The SMILES string of the molecule is COc1ccc(S(=O)(=O)N(CCc2ccccc2)CC(=O)Nc2ccc(C)c(C)c2)cc1C. The molecule has 3 aromatic carbocycles. The van der Waals surface area contributed by atoms with E-state index < -0.39 is 10.0 Å². The van der Waals surface area contributed by atoms with Gasteiger partial charge in [0.05, 0.1) is 18.6 Å². The van der Waals surface area contributed by atoms with Crippen molar-refractivity contribution in [2.24, 2.45) is 0 Å². The normalized spacial score (nSPS) is 11.4. The van der Waals surface area contributed by atoms with Gasteiger partial charge in [0, 0.05) is 12.2 Å². The zero-order valence-corrected chi connectivity index (χ0v) is 20.3. The van der Waals surface area contributed by atoms with Gasteiger partial charge in [0.15, 0.2) is 0 Å². The van der Waals surface area contributed by atoms with E-state index in [1.54, 1.807) is 26.2 Å². The summed E-state index contributed by atoms with van der Waals surface area (Å²) < 4.78 is 33.5. The lowest BCUT2D eigenvalue weighted by atomic mass is 10.1. The molecule has 0 aromatic heterocycles. The van der Waals surface area contributed by atoms with Gasteiger partial charge in [0.2, 0.25) is 15.9 Å². The van der Waals surface area contributed by atoms with Crippen LogP contribution >= 0.6 is 0 Å². The fourth-order valence-electron chi connectivity index (χ4n) is 3.52. The molecule has 3 rings (SSSR count). The molecular formula is C26H30N2O4S. The minimum absolute atomic E-state index is 0.132. The Labute approximate surface area is 196 Å². The molecule has 0 spiro atoms. The number of nitrogens with one attached hydrogen (secondary N) is 1. The summed E-state index contributed by atoms with van der Waals surface area (Å²) in [6.45, 7) is 5.65. The van der Waals surface area contributed by atoms with Crippen LogP contribution in [-0.2, 0) is 21.2 Å². The van der Waals surface area contributed by atoms with Crippen LogP contribution in [0.3, 0.4) is 0 Å². The van der Waals surface area contributed by atoms with Gasteiger partial charge >= 0.3 is 0 Å². The minimum atomic E-state index is -3.90. The number of hydrogen-bond donors (Lipinski definition) is 1. The van der Waals surface area contributed by atoms with Crippen LogP contribution in [0.4, 0.5) is 5.69 Å². The summed E-state index contributed by atoms with van der Waals surface area (Å²) in [5, 5.41) is 2.83. The molecule has 3 aromatic rings. The topological polar surface area (TPSA) is 75.7 Å². The molecule has 174 valence electrons. The van der Waals surface area contributed by atoms with Crippen LogP contribution < -0.4 is 10.1 Å². The monoisotopic (exact) mass is 466 g/mol. The van der Waals surface area contributed by atoms with Gasteiger partial charge in [-0.25, -0.2) is 8.42 Å². The molecule has 1 N–H and O–H groups in total. The van der Waals surface area contributed by atoms with Crippen molar-refractivity contribution in [3.8, 4) is 5.75 Å². The largest absolute Gasteiger partial charge is 0.496 e. The van der Waals surface area contributed by atoms with Gasteiger partial charge in [-0.05, 0) is 79.8 Å². The van der Waals surface area contributed by atoms with Gasteiger partial charge in [-0.2, -0.15) is 4.31 Å². The van der Waals surface area contributed by atoms with E-state index >= 15 is 0 Å². The van der Waals surface area contributed by atoms with E-state index in [9.17, 15) is 13.2 Å². The molecule has 0 aliphatic carbocycles. The van der Waals surface area contributed by atoms with Crippen LogP contribution in [0.2, 0.25) is 0 Å². The molecule has 0 saturated heterocycles. The van der Waals surface area contributed by atoms with E-state index in [0.29, 0.717) is 23.4 Å². The average Bonchev–Trinajstić information content (AvgIpc) is 2.79. The van der Waals surface area contributed by atoms with Crippen LogP contribution in [-0.4, -0.2) is 38.8 Å². The lowest BCUT2D eigenvalue weighted by Gasteiger charge is -2.22. The van der Waals surface area contributed by atoms with Crippen LogP contribution in [0.1, 0.15) is 22.3 Å². The van der Waals surface area contributed by atoms with Gasteiger partial charge in [-0.15, -0.1) is 0 Å². The van der Waals surface area contributed by atoms with Crippen LogP contribution in [0.5, 0.6) is 5.75 Å². The molecule has 1 amide bonds. The molecule has 0 fully saturated rings. The molecule has 0 unspecified atom stereocenters. The number of benzene rings is 3. The third-order valence-electron chi connectivity index (χ3n) is 5.61. The number of amides is 1. The number of sulfonamides is 1. The third-order valence-corrected chi connectivity index (χ3v) is 7.45. The summed E-state index contributed by atoms with van der Waals surface area (Å²) in [7, 11) is -2.36. The number of ether oxygens (including phenoxy) is 1. The number of methoxy groups -OCH3 is 1. The van der Waals surface area contributed by atoms with Gasteiger partial charge in [0.25, 0.3) is 0 Å². The molecule has 33 heavy (non-hydrogen) atoms. The third kappa shape index (κ3) is 6.21. The first kappa shape index (κ1) is 24.5. The Balaban J connectivity index is 1.85. The number of carbonyl (C=O) groups is 1. The molecule has 0 bridgehead atoms. The Morgan fingerprint density at radius 3 is 2.27 bits per heavy atom. The van der Waals surface area contributed by atoms with E-state index in [1.165, 1.54) is 10.4 Å². The number of anilines is 1. The lowest BCUT2D eigenvalue weighted by molar-refractivity contribution is -0.116. The Kier molecular flexibility index (Phi) is 7.89. The molecule has 0 aliphatic rings. The number of nitrogens with zero attached hydrogens (tertiary/aromatic N) is 1. The van der Waals surface area contributed by atoms with Crippen LogP contribution in [0.25, 0.3) is 0 Å². The highest BCUT2D eigenvalue weighted by molar-refractivity contribution is 7.89. The second kappa shape index (κ2) is 10.6. The molecule has 0 heterocycles. The summed E-state index contributed by atoms with van der Waals surface area (Å²) in [6.07, 6.45) is 0.492. The Morgan fingerprint density at radius 1 is 0.909 bits per heavy atom. The first-order valence-corrected chi connectivity index (χ1v) is 12.2. The first-order valence-electron chi connectivity index (χ1n) is 10.8. The second-order valence-electron chi connectivity index (χ2n) is 8.05. The zero-order chi connectivity index (χ0) is 24.0. The fourth-order valence-corrected chi connectivity index (χ4v) is 5.01. The predicted molar refractivity (Wildman–Crippen MR) is 131 cm³/mol. The van der Waals surface area contributed by atoms with Gasteiger partial charge in [0.1, 0.15) is 5.75 Å². The maximum Gasteiger partial charge on any atom is 0.243 e. The number of rotatable bonds is 9. The Bertz CT molecular complexity index is 1220. The van der Waals surface area contributed by atoms with Crippen molar-refractivity contribution in [3.05, 3.63) is 89.0 Å².